The predicted molar refractivity (Wildman–Crippen MR) is 56.2 cm³/mol. The van der Waals surface area contributed by atoms with Gasteiger partial charge in [-0.15, -0.1) is 0 Å². The normalized spacial score (nSPS) is 24.5. The Morgan fingerprint density at radius 1 is 1.60 bits per heavy atom. The molecule has 0 saturated carbocycles. The molecule has 1 saturated heterocycles. The molecule has 1 rings (SSSR count). The van der Waals surface area contributed by atoms with Gasteiger partial charge in [0.2, 0.25) is 5.91 Å². The summed E-state index contributed by atoms with van der Waals surface area (Å²) in [5.74, 6) is -0.337. The van der Waals surface area contributed by atoms with Crippen molar-refractivity contribution >= 4 is 11.9 Å². The van der Waals surface area contributed by atoms with Crippen LogP contribution in [-0.2, 0) is 4.79 Å². The van der Waals surface area contributed by atoms with Crippen molar-refractivity contribution in [1.82, 2.24) is 15.5 Å². The summed E-state index contributed by atoms with van der Waals surface area (Å²) in [7, 11) is 0. The number of imide groups is 1. The zero-order chi connectivity index (χ0) is 11.4. The Kier molecular flexibility index (Phi) is 4.05. The molecule has 0 spiro atoms. The highest BCUT2D eigenvalue weighted by Crippen LogP contribution is 2.07. The highest BCUT2D eigenvalue weighted by atomic mass is 16.2. The number of carbonyl (C=O) groups excluding carboxylic acids is 2. The molecular weight excluding hydrogens is 196 g/mol. The lowest BCUT2D eigenvalue weighted by Gasteiger charge is -2.37. The van der Waals surface area contributed by atoms with E-state index in [-0.39, 0.29) is 18.0 Å². The summed E-state index contributed by atoms with van der Waals surface area (Å²) >= 11 is 0. The lowest BCUT2D eigenvalue weighted by atomic mass is 10.1. The van der Waals surface area contributed by atoms with Gasteiger partial charge in [-0.2, -0.15) is 0 Å². The second kappa shape index (κ2) is 5.09. The van der Waals surface area contributed by atoms with Crippen LogP contribution in [0.15, 0.2) is 0 Å². The average molecular weight is 214 g/mol. The van der Waals surface area contributed by atoms with Gasteiger partial charge in [0, 0.05) is 25.7 Å². The maximum atomic E-state index is 11.5. The number of hydrogen-bond donors (Lipinski definition) is 3. The van der Waals surface area contributed by atoms with E-state index in [4.69, 9.17) is 5.73 Å². The molecule has 1 heterocycles. The standard InChI is InChI=1S/C9H18N4O2/c1-6-5-11-3-4-13(6)7(2)8(14)12-9(10)15/h6-7,11H,3-5H2,1-2H3,(H3,10,12,14,15). The van der Waals surface area contributed by atoms with E-state index in [0.717, 1.165) is 19.6 Å². The van der Waals surface area contributed by atoms with Crippen molar-refractivity contribution in [2.45, 2.75) is 25.9 Å². The molecule has 86 valence electrons. The molecule has 0 radical (unpaired) electrons. The van der Waals surface area contributed by atoms with Gasteiger partial charge in [-0.1, -0.05) is 0 Å². The van der Waals surface area contributed by atoms with E-state index in [0.29, 0.717) is 0 Å². The molecule has 1 aliphatic heterocycles. The Morgan fingerprint density at radius 2 is 2.27 bits per heavy atom. The summed E-state index contributed by atoms with van der Waals surface area (Å²) in [4.78, 5) is 24.1. The lowest BCUT2D eigenvalue weighted by molar-refractivity contribution is -0.125. The second-order valence-corrected chi connectivity index (χ2v) is 3.82. The molecule has 0 aliphatic carbocycles. The van der Waals surface area contributed by atoms with Crippen LogP contribution in [0.1, 0.15) is 13.8 Å². The fourth-order valence-electron chi connectivity index (χ4n) is 1.81. The van der Waals surface area contributed by atoms with Gasteiger partial charge in [-0.05, 0) is 13.8 Å². The number of amides is 3. The summed E-state index contributed by atoms with van der Waals surface area (Å²) in [6.07, 6.45) is 0. The second-order valence-electron chi connectivity index (χ2n) is 3.82. The molecule has 6 heteroatoms. The summed E-state index contributed by atoms with van der Waals surface area (Å²) in [6, 6.07) is -0.836. The van der Waals surface area contributed by atoms with Crippen LogP contribution in [0.2, 0.25) is 0 Å². The van der Waals surface area contributed by atoms with Crippen LogP contribution in [-0.4, -0.2) is 48.6 Å². The SMILES string of the molecule is CC1CNCCN1C(C)C(=O)NC(N)=O. The number of piperazine rings is 1. The summed E-state index contributed by atoms with van der Waals surface area (Å²) in [5, 5.41) is 5.33. The molecule has 4 N–H and O–H groups in total. The Balaban J connectivity index is 2.53. The van der Waals surface area contributed by atoms with Crippen LogP contribution in [0.3, 0.4) is 0 Å². The van der Waals surface area contributed by atoms with Gasteiger partial charge in [0.15, 0.2) is 0 Å². The topological polar surface area (TPSA) is 87.5 Å². The first-order valence-electron chi connectivity index (χ1n) is 5.09. The number of rotatable bonds is 2. The van der Waals surface area contributed by atoms with E-state index < -0.39 is 6.03 Å². The van der Waals surface area contributed by atoms with Crippen LogP contribution in [0.4, 0.5) is 4.79 Å². The molecular formula is C9H18N4O2. The first-order chi connectivity index (χ1) is 7.02. The first-order valence-corrected chi connectivity index (χ1v) is 5.09. The van der Waals surface area contributed by atoms with Crippen LogP contribution in [0.5, 0.6) is 0 Å². The third-order valence-electron chi connectivity index (χ3n) is 2.68. The molecule has 0 aromatic rings. The largest absolute Gasteiger partial charge is 0.351 e. The summed E-state index contributed by atoms with van der Waals surface area (Å²) < 4.78 is 0. The first kappa shape index (κ1) is 11.9. The van der Waals surface area contributed by atoms with Gasteiger partial charge in [0.1, 0.15) is 0 Å². The van der Waals surface area contributed by atoms with E-state index in [9.17, 15) is 9.59 Å². The van der Waals surface area contributed by atoms with Crippen LogP contribution in [0, 0.1) is 0 Å². The average Bonchev–Trinajstić information content (AvgIpc) is 2.16. The minimum atomic E-state index is -0.797. The van der Waals surface area contributed by atoms with Crippen molar-refractivity contribution in [1.29, 1.82) is 0 Å². The van der Waals surface area contributed by atoms with E-state index in [2.05, 4.69) is 15.5 Å². The van der Waals surface area contributed by atoms with E-state index >= 15 is 0 Å². The molecule has 0 bridgehead atoms. The Labute approximate surface area is 89.2 Å². The van der Waals surface area contributed by atoms with Gasteiger partial charge < -0.3 is 11.1 Å². The van der Waals surface area contributed by atoms with Gasteiger partial charge >= 0.3 is 6.03 Å². The highest BCUT2D eigenvalue weighted by molar-refractivity contribution is 5.96. The third kappa shape index (κ3) is 3.17. The zero-order valence-electron chi connectivity index (χ0n) is 9.12. The zero-order valence-corrected chi connectivity index (χ0v) is 9.12. The molecule has 1 aliphatic rings. The summed E-state index contributed by atoms with van der Waals surface area (Å²) in [5.41, 5.74) is 4.89. The molecule has 3 amide bonds. The fraction of sp³-hybridized carbons (Fsp3) is 0.778. The molecule has 1 fully saturated rings. The number of carbonyl (C=O) groups is 2. The number of nitrogens with two attached hydrogens (primary N) is 1. The maximum absolute atomic E-state index is 11.5. The number of nitrogens with one attached hydrogen (secondary N) is 2. The van der Waals surface area contributed by atoms with Gasteiger partial charge in [-0.25, -0.2) is 4.79 Å². The van der Waals surface area contributed by atoms with Crippen molar-refractivity contribution in [3.63, 3.8) is 0 Å². The van der Waals surface area contributed by atoms with Crippen LogP contribution >= 0.6 is 0 Å². The monoisotopic (exact) mass is 214 g/mol. The molecule has 2 unspecified atom stereocenters. The Morgan fingerprint density at radius 3 is 2.80 bits per heavy atom. The van der Waals surface area contributed by atoms with Crippen molar-refractivity contribution in [3.05, 3.63) is 0 Å². The van der Waals surface area contributed by atoms with Crippen molar-refractivity contribution in [2.24, 2.45) is 5.73 Å². The van der Waals surface area contributed by atoms with Gasteiger partial charge in [0.25, 0.3) is 0 Å². The number of urea groups is 1. The van der Waals surface area contributed by atoms with Crippen LogP contribution in [0.25, 0.3) is 0 Å². The molecule has 6 nitrogen and oxygen atoms in total. The summed E-state index contributed by atoms with van der Waals surface area (Å²) in [6.45, 7) is 6.33. The smallest absolute Gasteiger partial charge is 0.318 e. The predicted octanol–water partition coefficient (Wildman–Crippen LogP) is -1.14. The number of nitrogens with zero attached hydrogens (tertiary/aromatic N) is 1. The van der Waals surface area contributed by atoms with Crippen LogP contribution < -0.4 is 16.4 Å². The maximum Gasteiger partial charge on any atom is 0.318 e. The van der Waals surface area contributed by atoms with Gasteiger partial charge in [0.05, 0.1) is 6.04 Å². The minimum absolute atomic E-state index is 0.285. The van der Waals surface area contributed by atoms with Crippen molar-refractivity contribution < 1.29 is 9.59 Å². The molecule has 0 aromatic heterocycles. The highest BCUT2D eigenvalue weighted by Gasteiger charge is 2.27. The lowest BCUT2D eigenvalue weighted by Crippen LogP contribution is -2.57. The molecule has 2 atom stereocenters. The van der Waals surface area contributed by atoms with Crippen molar-refractivity contribution in [3.8, 4) is 0 Å². The Hall–Kier alpha value is -1.14. The fourth-order valence-corrected chi connectivity index (χ4v) is 1.81. The van der Waals surface area contributed by atoms with Gasteiger partial charge in [-0.3, -0.25) is 15.0 Å². The van der Waals surface area contributed by atoms with E-state index in [1.807, 2.05) is 6.92 Å². The minimum Gasteiger partial charge on any atom is -0.351 e. The quantitative estimate of drug-likeness (QED) is 0.542. The Bertz CT molecular complexity index is 256. The van der Waals surface area contributed by atoms with E-state index in [1.54, 1.807) is 6.92 Å². The molecule has 0 aromatic carbocycles. The molecule has 15 heavy (non-hydrogen) atoms. The van der Waals surface area contributed by atoms with E-state index in [1.165, 1.54) is 0 Å². The number of primary amides is 1. The third-order valence-corrected chi connectivity index (χ3v) is 2.68. The number of hydrogen-bond acceptors (Lipinski definition) is 4. The van der Waals surface area contributed by atoms with Crippen molar-refractivity contribution in [2.75, 3.05) is 19.6 Å².